The van der Waals surface area contributed by atoms with Crippen LogP contribution in [0.5, 0.6) is 0 Å². The fourth-order valence-electron chi connectivity index (χ4n) is 1.94. The van der Waals surface area contributed by atoms with E-state index in [9.17, 15) is 18.4 Å². The summed E-state index contributed by atoms with van der Waals surface area (Å²) in [6.45, 7) is 0.530. The molecule has 96 valence electrons. The number of carboxylic acids is 1. The van der Waals surface area contributed by atoms with Crippen molar-refractivity contribution in [3.63, 3.8) is 0 Å². The molecule has 18 heavy (non-hydrogen) atoms. The van der Waals surface area contributed by atoms with E-state index in [0.717, 1.165) is 18.2 Å². The summed E-state index contributed by atoms with van der Waals surface area (Å²) in [5.41, 5.74) is -0.316. The van der Waals surface area contributed by atoms with Crippen LogP contribution in [-0.4, -0.2) is 35.0 Å². The number of hydrogen-bond donors (Lipinski definition) is 1. The van der Waals surface area contributed by atoms with E-state index in [-0.39, 0.29) is 31.0 Å². The van der Waals surface area contributed by atoms with Crippen molar-refractivity contribution in [1.29, 1.82) is 0 Å². The molecule has 0 atom stereocenters. The minimum atomic E-state index is -0.927. The van der Waals surface area contributed by atoms with Crippen LogP contribution < -0.4 is 0 Å². The summed E-state index contributed by atoms with van der Waals surface area (Å²) in [5.74, 6) is -3.09. The lowest BCUT2D eigenvalue weighted by atomic mass is 9.95. The summed E-state index contributed by atoms with van der Waals surface area (Å²) in [5, 5.41) is 8.56. The summed E-state index contributed by atoms with van der Waals surface area (Å²) >= 11 is 0. The first-order valence-electron chi connectivity index (χ1n) is 5.43. The van der Waals surface area contributed by atoms with E-state index in [1.54, 1.807) is 0 Å². The van der Waals surface area contributed by atoms with E-state index in [1.165, 1.54) is 4.90 Å². The van der Waals surface area contributed by atoms with E-state index >= 15 is 0 Å². The number of carbonyl (C=O) groups excluding carboxylic acids is 1. The third-order valence-corrected chi connectivity index (χ3v) is 2.87. The Labute approximate surface area is 102 Å². The topological polar surface area (TPSA) is 57.6 Å². The van der Waals surface area contributed by atoms with Crippen molar-refractivity contribution in [3.8, 4) is 0 Å². The smallest absolute Gasteiger partial charge is 0.303 e. The number of aliphatic carboxylic acids is 1. The predicted octanol–water partition coefficient (Wildman–Crippen LogP) is 1.51. The zero-order chi connectivity index (χ0) is 13.3. The molecule has 0 saturated carbocycles. The van der Waals surface area contributed by atoms with Gasteiger partial charge in [-0.1, -0.05) is 0 Å². The molecule has 1 fully saturated rings. The minimum Gasteiger partial charge on any atom is -0.481 e. The third-order valence-electron chi connectivity index (χ3n) is 2.87. The molecule has 1 aromatic carbocycles. The van der Waals surface area contributed by atoms with Gasteiger partial charge in [0.05, 0.1) is 12.0 Å². The molecule has 0 bridgehead atoms. The highest BCUT2D eigenvalue weighted by Crippen LogP contribution is 2.22. The second-order valence-corrected chi connectivity index (χ2v) is 4.30. The first-order valence-corrected chi connectivity index (χ1v) is 5.43. The first-order chi connectivity index (χ1) is 8.47. The largest absolute Gasteiger partial charge is 0.481 e. The van der Waals surface area contributed by atoms with E-state index in [2.05, 4.69) is 0 Å². The molecule has 2 rings (SSSR count). The van der Waals surface area contributed by atoms with E-state index in [1.807, 2.05) is 0 Å². The Bertz CT molecular complexity index is 498. The molecule has 6 heteroatoms. The minimum absolute atomic E-state index is 0.0184. The van der Waals surface area contributed by atoms with Crippen molar-refractivity contribution in [2.24, 2.45) is 5.92 Å². The predicted molar refractivity (Wildman–Crippen MR) is 58.0 cm³/mol. The number of benzene rings is 1. The number of likely N-dealkylation sites (tertiary alicyclic amines) is 1. The van der Waals surface area contributed by atoms with Crippen LogP contribution in [0.25, 0.3) is 0 Å². The van der Waals surface area contributed by atoms with Gasteiger partial charge in [-0.15, -0.1) is 0 Å². The molecule has 1 saturated heterocycles. The molecule has 1 heterocycles. The van der Waals surface area contributed by atoms with Gasteiger partial charge in [-0.25, -0.2) is 8.78 Å². The first kappa shape index (κ1) is 12.5. The standard InChI is InChI=1S/C12H11F2NO3/c13-8-1-2-10(14)9(4-8)12(18)15-5-7(6-15)3-11(16)17/h1-2,4,7H,3,5-6H2,(H,16,17). The van der Waals surface area contributed by atoms with E-state index < -0.39 is 23.5 Å². The quantitative estimate of drug-likeness (QED) is 0.890. The van der Waals surface area contributed by atoms with Crippen molar-refractivity contribution in [3.05, 3.63) is 35.4 Å². The van der Waals surface area contributed by atoms with Crippen molar-refractivity contribution in [2.45, 2.75) is 6.42 Å². The van der Waals surface area contributed by atoms with Gasteiger partial charge in [0.1, 0.15) is 11.6 Å². The zero-order valence-corrected chi connectivity index (χ0v) is 9.40. The number of rotatable bonds is 3. The summed E-state index contributed by atoms with van der Waals surface area (Å²) in [7, 11) is 0. The second-order valence-electron chi connectivity index (χ2n) is 4.30. The van der Waals surface area contributed by atoms with Gasteiger partial charge in [0, 0.05) is 19.0 Å². The van der Waals surface area contributed by atoms with Gasteiger partial charge in [-0.2, -0.15) is 0 Å². The summed E-state index contributed by atoms with van der Waals surface area (Å²) < 4.78 is 26.3. The van der Waals surface area contributed by atoms with Gasteiger partial charge in [-0.3, -0.25) is 9.59 Å². The van der Waals surface area contributed by atoms with Crippen LogP contribution in [0.3, 0.4) is 0 Å². The zero-order valence-electron chi connectivity index (χ0n) is 9.40. The van der Waals surface area contributed by atoms with Crippen molar-refractivity contribution < 1.29 is 23.5 Å². The number of carbonyl (C=O) groups is 2. The van der Waals surface area contributed by atoms with Crippen LogP contribution >= 0.6 is 0 Å². The average molecular weight is 255 g/mol. The molecule has 0 aliphatic carbocycles. The lowest BCUT2D eigenvalue weighted by Crippen LogP contribution is -2.50. The van der Waals surface area contributed by atoms with Gasteiger partial charge in [-0.05, 0) is 18.2 Å². The molecule has 1 aliphatic heterocycles. The Balaban J connectivity index is 2.01. The molecule has 1 amide bonds. The van der Waals surface area contributed by atoms with Gasteiger partial charge in [0.2, 0.25) is 0 Å². The highest BCUT2D eigenvalue weighted by molar-refractivity contribution is 5.95. The van der Waals surface area contributed by atoms with Crippen molar-refractivity contribution in [2.75, 3.05) is 13.1 Å². The van der Waals surface area contributed by atoms with Crippen molar-refractivity contribution >= 4 is 11.9 Å². The molecule has 1 aliphatic rings. The Morgan fingerprint density at radius 1 is 1.33 bits per heavy atom. The molecule has 4 nitrogen and oxygen atoms in total. The molecular formula is C12H11F2NO3. The normalized spacial score (nSPS) is 15.3. The molecule has 0 radical (unpaired) electrons. The Hall–Kier alpha value is -1.98. The lowest BCUT2D eigenvalue weighted by Gasteiger charge is -2.38. The second kappa shape index (κ2) is 4.72. The highest BCUT2D eigenvalue weighted by Gasteiger charge is 2.33. The van der Waals surface area contributed by atoms with Crippen LogP contribution in [-0.2, 0) is 4.79 Å². The number of nitrogens with zero attached hydrogens (tertiary/aromatic N) is 1. The van der Waals surface area contributed by atoms with Crippen LogP contribution in [0.1, 0.15) is 16.8 Å². The number of amides is 1. The van der Waals surface area contributed by atoms with Gasteiger partial charge >= 0.3 is 5.97 Å². The van der Waals surface area contributed by atoms with Gasteiger partial charge in [0.15, 0.2) is 0 Å². The fraction of sp³-hybridized carbons (Fsp3) is 0.333. The van der Waals surface area contributed by atoms with Crippen LogP contribution in [0.4, 0.5) is 8.78 Å². The third kappa shape index (κ3) is 2.47. The molecule has 0 aromatic heterocycles. The molecular weight excluding hydrogens is 244 g/mol. The number of hydrogen-bond acceptors (Lipinski definition) is 2. The SMILES string of the molecule is O=C(O)CC1CN(C(=O)c2cc(F)ccc2F)C1. The Kier molecular flexibility index (Phi) is 3.27. The Morgan fingerprint density at radius 3 is 2.61 bits per heavy atom. The van der Waals surface area contributed by atoms with Gasteiger partial charge < -0.3 is 10.0 Å². The van der Waals surface area contributed by atoms with Crippen LogP contribution in [0, 0.1) is 17.6 Å². The fourth-order valence-corrected chi connectivity index (χ4v) is 1.94. The highest BCUT2D eigenvalue weighted by atomic mass is 19.1. The van der Waals surface area contributed by atoms with E-state index in [0.29, 0.717) is 0 Å². The maximum Gasteiger partial charge on any atom is 0.303 e. The molecule has 0 spiro atoms. The number of halogens is 2. The summed E-state index contributed by atoms with van der Waals surface area (Å²) in [4.78, 5) is 23.5. The monoisotopic (exact) mass is 255 g/mol. The average Bonchev–Trinajstić information content (AvgIpc) is 2.25. The summed E-state index contributed by atoms with van der Waals surface area (Å²) in [6, 6.07) is 2.69. The summed E-state index contributed by atoms with van der Waals surface area (Å²) in [6.07, 6.45) is -0.0184. The van der Waals surface area contributed by atoms with Crippen LogP contribution in [0.2, 0.25) is 0 Å². The van der Waals surface area contributed by atoms with Gasteiger partial charge in [0.25, 0.3) is 5.91 Å². The maximum absolute atomic E-state index is 13.3. The molecule has 1 aromatic rings. The van der Waals surface area contributed by atoms with Crippen molar-refractivity contribution in [1.82, 2.24) is 4.90 Å². The number of carboxylic acid groups (broad SMARTS) is 1. The molecule has 0 unspecified atom stereocenters. The van der Waals surface area contributed by atoms with E-state index in [4.69, 9.17) is 5.11 Å². The van der Waals surface area contributed by atoms with Crippen LogP contribution in [0.15, 0.2) is 18.2 Å². The lowest BCUT2D eigenvalue weighted by molar-refractivity contribution is -0.139. The molecule has 1 N–H and O–H groups in total. The Morgan fingerprint density at radius 2 is 2.00 bits per heavy atom. The maximum atomic E-state index is 13.3.